The lowest BCUT2D eigenvalue weighted by atomic mass is 10.2. The smallest absolute Gasteiger partial charge is 0.347 e. The quantitative estimate of drug-likeness (QED) is 0.680. The Labute approximate surface area is 122 Å². The number of rotatable bonds is 3. The molecule has 96 valence electrons. The molecule has 0 spiro atoms. The zero-order valence-electron chi connectivity index (χ0n) is 9.63. The number of thiophene rings is 1. The van der Waals surface area contributed by atoms with Crippen LogP contribution >= 0.6 is 34.7 Å². The Bertz CT molecular complexity index is 781. The highest BCUT2D eigenvalue weighted by Gasteiger charge is 2.07. The van der Waals surface area contributed by atoms with Gasteiger partial charge < -0.3 is 4.42 Å². The van der Waals surface area contributed by atoms with Gasteiger partial charge >= 0.3 is 5.63 Å². The molecular weight excluding hydrogens is 302 g/mol. The summed E-state index contributed by atoms with van der Waals surface area (Å²) in [6, 6.07) is 11.0. The second-order valence-corrected chi connectivity index (χ2v) is 6.51. The third-order valence-electron chi connectivity index (χ3n) is 2.48. The van der Waals surface area contributed by atoms with Gasteiger partial charge in [0.1, 0.15) is 0 Å². The van der Waals surface area contributed by atoms with E-state index in [0.717, 1.165) is 9.21 Å². The van der Waals surface area contributed by atoms with Crippen molar-refractivity contribution < 1.29 is 4.42 Å². The van der Waals surface area contributed by atoms with E-state index in [1.165, 1.54) is 23.1 Å². The average Bonchev–Trinajstić information content (AvgIpc) is 2.82. The second kappa shape index (κ2) is 5.36. The van der Waals surface area contributed by atoms with E-state index in [1.54, 1.807) is 18.2 Å². The van der Waals surface area contributed by atoms with E-state index in [0.29, 0.717) is 21.9 Å². The Morgan fingerprint density at radius 1 is 1.26 bits per heavy atom. The molecule has 0 N–H and O–H groups in total. The fourth-order valence-corrected chi connectivity index (χ4v) is 3.58. The molecule has 19 heavy (non-hydrogen) atoms. The fourth-order valence-electron chi connectivity index (χ4n) is 1.62. The van der Waals surface area contributed by atoms with Crippen molar-refractivity contribution in [2.75, 3.05) is 0 Å². The van der Waals surface area contributed by atoms with Gasteiger partial charge in [0.25, 0.3) is 5.22 Å². The van der Waals surface area contributed by atoms with Gasteiger partial charge in [-0.1, -0.05) is 35.5 Å². The van der Waals surface area contributed by atoms with Crippen molar-refractivity contribution in [3.8, 4) is 0 Å². The van der Waals surface area contributed by atoms with E-state index in [-0.39, 0.29) is 5.63 Å². The lowest BCUT2D eigenvalue weighted by Gasteiger charge is -1.99. The zero-order chi connectivity index (χ0) is 13.2. The first-order chi connectivity index (χ1) is 9.22. The van der Waals surface area contributed by atoms with Crippen LogP contribution in [0.4, 0.5) is 0 Å². The molecular formula is C13H8ClNO2S2. The topological polar surface area (TPSA) is 43.1 Å². The standard InChI is InChI=1S/C13H8ClNO2S2/c14-11-6-5-8(19-11)7-18-13-15-10-4-2-1-3-9(10)12(16)17-13/h1-6H,7H2. The molecule has 1 aromatic carbocycles. The molecule has 0 atom stereocenters. The molecule has 0 aliphatic heterocycles. The van der Waals surface area contributed by atoms with Crippen LogP contribution in [0.5, 0.6) is 0 Å². The highest BCUT2D eigenvalue weighted by Crippen LogP contribution is 2.28. The van der Waals surface area contributed by atoms with Crippen molar-refractivity contribution in [2.45, 2.75) is 11.0 Å². The minimum Gasteiger partial charge on any atom is -0.397 e. The van der Waals surface area contributed by atoms with Crippen molar-refractivity contribution in [1.82, 2.24) is 4.98 Å². The minimum absolute atomic E-state index is 0.350. The molecule has 0 amide bonds. The van der Waals surface area contributed by atoms with Gasteiger partial charge in [0.05, 0.1) is 15.2 Å². The molecule has 0 aliphatic carbocycles. The fraction of sp³-hybridized carbons (Fsp3) is 0.0769. The van der Waals surface area contributed by atoms with Crippen LogP contribution < -0.4 is 5.63 Å². The van der Waals surface area contributed by atoms with Crippen molar-refractivity contribution in [2.24, 2.45) is 0 Å². The first-order valence-electron chi connectivity index (χ1n) is 5.49. The van der Waals surface area contributed by atoms with E-state index < -0.39 is 0 Å². The molecule has 0 unspecified atom stereocenters. The summed E-state index contributed by atoms with van der Waals surface area (Å²) < 4.78 is 5.94. The summed E-state index contributed by atoms with van der Waals surface area (Å²) in [5.41, 5.74) is 0.308. The summed E-state index contributed by atoms with van der Waals surface area (Å²) >= 11 is 8.77. The second-order valence-electron chi connectivity index (χ2n) is 3.78. The third kappa shape index (κ3) is 2.83. The molecule has 3 aromatic rings. The van der Waals surface area contributed by atoms with Crippen LogP contribution in [-0.2, 0) is 5.75 Å². The summed E-state index contributed by atoms with van der Waals surface area (Å²) in [6.45, 7) is 0. The molecule has 2 aromatic heterocycles. The molecule has 6 heteroatoms. The van der Waals surface area contributed by atoms with Gasteiger partial charge in [0, 0.05) is 10.6 Å². The zero-order valence-corrected chi connectivity index (χ0v) is 12.0. The number of halogens is 1. The molecule has 3 nitrogen and oxygen atoms in total. The lowest BCUT2D eigenvalue weighted by molar-refractivity contribution is 0.401. The minimum atomic E-state index is -0.350. The summed E-state index contributed by atoms with van der Waals surface area (Å²) in [5.74, 6) is 0.686. The average molecular weight is 310 g/mol. The van der Waals surface area contributed by atoms with E-state index >= 15 is 0 Å². The Balaban J connectivity index is 1.87. The highest BCUT2D eigenvalue weighted by atomic mass is 35.5. The van der Waals surface area contributed by atoms with E-state index in [2.05, 4.69) is 4.98 Å². The number of fused-ring (bicyclic) bond motifs is 1. The third-order valence-corrected chi connectivity index (χ3v) is 4.77. The molecule has 0 saturated heterocycles. The van der Waals surface area contributed by atoms with Crippen molar-refractivity contribution in [1.29, 1.82) is 0 Å². The van der Waals surface area contributed by atoms with Crippen LogP contribution in [0.3, 0.4) is 0 Å². The van der Waals surface area contributed by atoms with Crippen LogP contribution in [0, 0.1) is 0 Å². The SMILES string of the molecule is O=c1oc(SCc2ccc(Cl)s2)nc2ccccc12. The maximum Gasteiger partial charge on any atom is 0.347 e. The van der Waals surface area contributed by atoms with Gasteiger partial charge in [0.15, 0.2) is 0 Å². The van der Waals surface area contributed by atoms with Gasteiger partial charge in [-0.05, 0) is 24.3 Å². The van der Waals surface area contributed by atoms with Gasteiger partial charge in [-0.25, -0.2) is 9.78 Å². The maximum absolute atomic E-state index is 11.8. The number of para-hydroxylation sites is 1. The van der Waals surface area contributed by atoms with Crippen molar-refractivity contribution in [3.05, 3.63) is 56.0 Å². The normalized spacial score (nSPS) is 11.0. The number of aromatic nitrogens is 1. The Morgan fingerprint density at radius 2 is 2.11 bits per heavy atom. The van der Waals surface area contributed by atoms with Crippen molar-refractivity contribution in [3.63, 3.8) is 0 Å². The molecule has 0 fully saturated rings. The molecule has 0 radical (unpaired) electrons. The number of thioether (sulfide) groups is 1. The number of benzene rings is 1. The van der Waals surface area contributed by atoms with Gasteiger partial charge in [-0.15, -0.1) is 11.3 Å². The Morgan fingerprint density at radius 3 is 2.89 bits per heavy atom. The summed E-state index contributed by atoms with van der Waals surface area (Å²) in [6.07, 6.45) is 0. The lowest BCUT2D eigenvalue weighted by Crippen LogP contribution is -2.01. The first kappa shape index (κ1) is 12.7. The van der Waals surface area contributed by atoms with Gasteiger partial charge in [-0.3, -0.25) is 0 Å². The first-order valence-corrected chi connectivity index (χ1v) is 7.67. The molecule has 3 rings (SSSR count). The van der Waals surface area contributed by atoms with E-state index in [4.69, 9.17) is 16.0 Å². The van der Waals surface area contributed by atoms with Crippen LogP contribution in [0.15, 0.2) is 50.8 Å². The maximum atomic E-state index is 11.8. The number of hydrogen-bond acceptors (Lipinski definition) is 5. The molecule has 0 aliphatic rings. The molecule has 0 saturated carbocycles. The summed E-state index contributed by atoms with van der Waals surface area (Å²) in [5, 5.41) is 0.888. The Hall–Kier alpha value is -1.30. The van der Waals surface area contributed by atoms with Crippen LogP contribution in [-0.4, -0.2) is 4.98 Å². The van der Waals surface area contributed by atoms with E-state index in [9.17, 15) is 4.79 Å². The number of hydrogen-bond donors (Lipinski definition) is 0. The Kier molecular flexibility index (Phi) is 3.59. The molecule has 0 bridgehead atoms. The van der Waals surface area contributed by atoms with Gasteiger partial charge in [0.2, 0.25) is 0 Å². The molecule has 2 heterocycles. The van der Waals surface area contributed by atoms with Crippen LogP contribution in [0.1, 0.15) is 4.88 Å². The van der Waals surface area contributed by atoms with Gasteiger partial charge in [-0.2, -0.15) is 0 Å². The predicted molar refractivity (Wildman–Crippen MR) is 79.2 cm³/mol. The van der Waals surface area contributed by atoms with Crippen LogP contribution in [0.25, 0.3) is 10.9 Å². The van der Waals surface area contributed by atoms with Crippen LogP contribution in [0.2, 0.25) is 4.34 Å². The summed E-state index contributed by atoms with van der Waals surface area (Å²) in [4.78, 5) is 17.2. The monoisotopic (exact) mass is 309 g/mol. The highest BCUT2D eigenvalue weighted by molar-refractivity contribution is 7.98. The van der Waals surface area contributed by atoms with Crippen molar-refractivity contribution >= 4 is 45.6 Å². The van der Waals surface area contributed by atoms with E-state index in [1.807, 2.05) is 18.2 Å². The summed E-state index contributed by atoms with van der Waals surface area (Å²) in [7, 11) is 0. The number of nitrogens with zero attached hydrogens (tertiary/aromatic N) is 1. The predicted octanol–water partition coefficient (Wildman–Crippen LogP) is 4.20. The largest absolute Gasteiger partial charge is 0.397 e.